The lowest BCUT2D eigenvalue weighted by Gasteiger charge is -2.20. The first-order chi connectivity index (χ1) is 10.2. The van der Waals surface area contributed by atoms with Gasteiger partial charge in [0.2, 0.25) is 0 Å². The Morgan fingerprint density at radius 2 is 1.57 bits per heavy atom. The average Bonchev–Trinajstić information content (AvgIpc) is 2.56. The van der Waals surface area contributed by atoms with Gasteiger partial charge in [-0.3, -0.25) is 4.79 Å². The Bertz CT molecular complexity index is 584. The molecule has 0 heterocycles. The van der Waals surface area contributed by atoms with Crippen LogP contribution in [-0.2, 0) is 4.79 Å². The fraction of sp³-hybridized carbons (Fsp3) is 0.250. The van der Waals surface area contributed by atoms with E-state index in [1.165, 1.54) is 5.56 Å². The van der Waals surface area contributed by atoms with Crippen LogP contribution in [0, 0.1) is 5.92 Å². The molecule has 2 rings (SSSR count). The summed E-state index contributed by atoms with van der Waals surface area (Å²) in [4.78, 5) is 12.1. The third-order valence-electron chi connectivity index (χ3n) is 3.88. The first-order valence-electron chi connectivity index (χ1n) is 7.53. The molecule has 1 nitrogen and oxygen atoms in total. The molecule has 0 aliphatic carbocycles. The molecule has 21 heavy (non-hydrogen) atoms. The highest BCUT2D eigenvalue weighted by atomic mass is 16.1. The van der Waals surface area contributed by atoms with E-state index in [1.807, 2.05) is 50.2 Å². The summed E-state index contributed by atoms with van der Waals surface area (Å²) in [6.45, 7) is 3.96. The molecule has 2 aromatic carbocycles. The maximum absolute atomic E-state index is 12.1. The van der Waals surface area contributed by atoms with Gasteiger partial charge in [-0.25, -0.2) is 0 Å². The minimum atomic E-state index is -0.00244. The fourth-order valence-corrected chi connectivity index (χ4v) is 2.54. The molecule has 0 aromatic heterocycles. The van der Waals surface area contributed by atoms with Crippen LogP contribution < -0.4 is 0 Å². The fourth-order valence-electron chi connectivity index (χ4n) is 2.54. The maximum atomic E-state index is 12.1. The minimum absolute atomic E-state index is 0.00244. The number of benzene rings is 2. The van der Waals surface area contributed by atoms with Crippen LogP contribution in [-0.4, -0.2) is 5.78 Å². The van der Waals surface area contributed by atoms with E-state index in [9.17, 15) is 4.79 Å². The van der Waals surface area contributed by atoms with Gasteiger partial charge in [0.1, 0.15) is 5.78 Å². The lowest BCUT2D eigenvalue weighted by atomic mass is 9.83. The van der Waals surface area contributed by atoms with Crippen molar-refractivity contribution >= 4 is 11.9 Å². The Morgan fingerprint density at radius 3 is 2.14 bits per heavy atom. The summed E-state index contributed by atoms with van der Waals surface area (Å²) in [5.41, 5.74) is 2.36. The quantitative estimate of drug-likeness (QED) is 0.718. The second-order valence-electron chi connectivity index (χ2n) is 5.31. The van der Waals surface area contributed by atoms with Gasteiger partial charge in [0.05, 0.1) is 0 Å². The van der Waals surface area contributed by atoms with Crippen LogP contribution in [0.5, 0.6) is 0 Å². The smallest absolute Gasteiger partial charge is 0.136 e. The molecular weight excluding hydrogens is 256 g/mol. The summed E-state index contributed by atoms with van der Waals surface area (Å²) in [6.07, 6.45) is 4.85. The number of hydrogen-bond donors (Lipinski definition) is 0. The van der Waals surface area contributed by atoms with E-state index in [4.69, 9.17) is 0 Å². The molecule has 1 heteroatoms. The third kappa shape index (κ3) is 4.16. The third-order valence-corrected chi connectivity index (χ3v) is 3.88. The Balaban J connectivity index is 2.28. The highest BCUT2D eigenvalue weighted by molar-refractivity contribution is 5.81. The van der Waals surface area contributed by atoms with Gasteiger partial charge in [-0.2, -0.15) is 0 Å². The summed E-state index contributed by atoms with van der Waals surface area (Å²) in [6, 6.07) is 20.5. The van der Waals surface area contributed by atoms with Crippen molar-refractivity contribution in [3.8, 4) is 0 Å². The van der Waals surface area contributed by atoms with Crippen molar-refractivity contribution in [1.82, 2.24) is 0 Å². The van der Waals surface area contributed by atoms with E-state index in [2.05, 4.69) is 36.4 Å². The molecule has 0 amide bonds. The molecule has 0 spiro atoms. The van der Waals surface area contributed by atoms with E-state index in [0.29, 0.717) is 12.2 Å². The zero-order valence-electron chi connectivity index (χ0n) is 12.7. The van der Waals surface area contributed by atoms with Crippen LogP contribution in [0.3, 0.4) is 0 Å². The van der Waals surface area contributed by atoms with Gasteiger partial charge in [-0.05, 0) is 11.1 Å². The molecule has 0 saturated heterocycles. The molecule has 0 fully saturated rings. The van der Waals surface area contributed by atoms with Crippen LogP contribution in [0.15, 0.2) is 66.7 Å². The second kappa shape index (κ2) is 7.58. The number of ketones is 1. The number of hydrogen-bond acceptors (Lipinski definition) is 1. The van der Waals surface area contributed by atoms with Crippen LogP contribution in [0.1, 0.15) is 37.3 Å². The zero-order chi connectivity index (χ0) is 15.1. The predicted molar refractivity (Wildman–Crippen MR) is 89.1 cm³/mol. The maximum Gasteiger partial charge on any atom is 0.136 e. The summed E-state index contributed by atoms with van der Waals surface area (Å²) >= 11 is 0. The Kier molecular flexibility index (Phi) is 5.51. The molecule has 2 aromatic rings. The van der Waals surface area contributed by atoms with Gasteiger partial charge in [0, 0.05) is 18.3 Å². The van der Waals surface area contributed by atoms with Crippen molar-refractivity contribution in [2.45, 2.75) is 26.2 Å². The Labute approximate surface area is 127 Å². The van der Waals surface area contributed by atoms with Gasteiger partial charge in [-0.1, -0.05) is 86.7 Å². The topological polar surface area (TPSA) is 17.1 Å². The van der Waals surface area contributed by atoms with Gasteiger partial charge < -0.3 is 0 Å². The first kappa shape index (κ1) is 15.2. The highest BCUT2D eigenvalue weighted by Gasteiger charge is 2.21. The molecule has 0 aliphatic heterocycles. The van der Waals surface area contributed by atoms with Crippen molar-refractivity contribution in [1.29, 1.82) is 0 Å². The minimum Gasteiger partial charge on any atom is -0.299 e. The van der Waals surface area contributed by atoms with Crippen molar-refractivity contribution in [3.05, 3.63) is 77.9 Å². The Hall–Kier alpha value is -2.15. The summed E-state index contributed by atoms with van der Waals surface area (Å²) < 4.78 is 0. The SMILES string of the molecule is CCC(=O)C(C)C(/C=C/c1ccccc1)c1ccccc1. The summed E-state index contributed by atoms with van der Waals surface area (Å²) in [5, 5.41) is 0. The van der Waals surface area contributed by atoms with Gasteiger partial charge in [0.25, 0.3) is 0 Å². The summed E-state index contributed by atoms with van der Waals surface area (Å²) in [7, 11) is 0. The molecule has 0 radical (unpaired) electrons. The van der Waals surface area contributed by atoms with Crippen molar-refractivity contribution < 1.29 is 4.79 Å². The lowest BCUT2D eigenvalue weighted by Crippen LogP contribution is -2.17. The average molecular weight is 278 g/mol. The first-order valence-corrected chi connectivity index (χ1v) is 7.53. The molecule has 108 valence electrons. The van der Waals surface area contributed by atoms with E-state index >= 15 is 0 Å². The second-order valence-corrected chi connectivity index (χ2v) is 5.31. The van der Waals surface area contributed by atoms with Gasteiger partial charge in [0.15, 0.2) is 0 Å². The number of carbonyl (C=O) groups excluding carboxylic acids is 1. The summed E-state index contributed by atoms with van der Waals surface area (Å²) in [5.74, 6) is 0.429. The number of carbonyl (C=O) groups is 1. The van der Waals surface area contributed by atoms with Crippen molar-refractivity contribution in [2.75, 3.05) is 0 Å². The lowest BCUT2D eigenvalue weighted by molar-refractivity contribution is -0.122. The molecule has 0 bridgehead atoms. The molecule has 0 N–H and O–H groups in total. The van der Waals surface area contributed by atoms with Crippen LogP contribution in [0.4, 0.5) is 0 Å². The van der Waals surface area contributed by atoms with Crippen LogP contribution in [0.25, 0.3) is 6.08 Å². The monoisotopic (exact) mass is 278 g/mol. The molecule has 2 atom stereocenters. The molecule has 2 unspecified atom stereocenters. The molecule has 0 saturated carbocycles. The molecular formula is C20H22O. The van der Waals surface area contributed by atoms with Crippen molar-refractivity contribution in [3.63, 3.8) is 0 Å². The van der Waals surface area contributed by atoms with Crippen molar-refractivity contribution in [2.24, 2.45) is 5.92 Å². The number of Topliss-reactive ketones (excluding diaryl/α,β-unsaturated/α-hetero) is 1. The van der Waals surface area contributed by atoms with Gasteiger partial charge >= 0.3 is 0 Å². The van der Waals surface area contributed by atoms with E-state index in [-0.39, 0.29) is 11.8 Å². The highest BCUT2D eigenvalue weighted by Crippen LogP contribution is 2.28. The largest absolute Gasteiger partial charge is 0.299 e. The molecule has 0 aliphatic rings. The van der Waals surface area contributed by atoms with Gasteiger partial charge in [-0.15, -0.1) is 0 Å². The van der Waals surface area contributed by atoms with Crippen LogP contribution >= 0.6 is 0 Å². The number of allylic oxidation sites excluding steroid dienone is 1. The van der Waals surface area contributed by atoms with Crippen LogP contribution in [0.2, 0.25) is 0 Å². The van der Waals surface area contributed by atoms with E-state index in [0.717, 1.165) is 5.56 Å². The Morgan fingerprint density at radius 1 is 1.00 bits per heavy atom. The zero-order valence-corrected chi connectivity index (χ0v) is 12.7. The number of rotatable bonds is 6. The predicted octanol–water partition coefficient (Wildman–Crippen LogP) is 5.10. The standard InChI is InChI=1S/C20H22O/c1-3-20(21)16(2)19(18-12-8-5-9-13-18)15-14-17-10-6-4-7-11-17/h4-16,19H,3H2,1-2H3/b15-14+. The van der Waals surface area contributed by atoms with E-state index < -0.39 is 0 Å². The van der Waals surface area contributed by atoms with E-state index in [1.54, 1.807) is 0 Å². The normalized spacial score (nSPS) is 14.0.